The average Bonchev–Trinajstić information content (AvgIpc) is 3.24. The quantitative estimate of drug-likeness (QED) is 0.324. The second-order valence-corrected chi connectivity index (χ2v) is 10.9. The zero-order valence-corrected chi connectivity index (χ0v) is 19.9. The molecule has 4 rings (SSSR count). The number of halogens is 2. The van der Waals surface area contributed by atoms with Crippen LogP contribution in [0.2, 0.25) is 5.02 Å². The highest BCUT2D eigenvalue weighted by atomic mass is 35.5. The second kappa shape index (κ2) is 9.54. The van der Waals surface area contributed by atoms with Gasteiger partial charge in [0.25, 0.3) is 0 Å². The van der Waals surface area contributed by atoms with Crippen molar-refractivity contribution < 1.29 is 17.6 Å². The molecule has 0 aliphatic heterocycles. The van der Waals surface area contributed by atoms with E-state index in [2.05, 4.69) is 9.97 Å². The number of hydrogen-bond donors (Lipinski definition) is 0. The monoisotopic (exact) mass is 503 g/mol. The van der Waals surface area contributed by atoms with E-state index in [-0.39, 0.29) is 17.9 Å². The standard InChI is InChI=1S/C23H19ClFN3O3S2/c1-15-19(24)9-10-20-22(15)27-23(32-20)28(14-17-4-2-3-12-26-17)21(29)11-13-33(30,31)18-7-5-16(25)6-8-18/h2-10,12H,11,13-14H2,1H3. The van der Waals surface area contributed by atoms with Crippen molar-refractivity contribution in [3.8, 4) is 0 Å². The number of carbonyl (C=O) groups is 1. The lowest BCUT2D eigenvalue weighted by molar-refractivity contribution is -0.118. The van der Waals surface area contributed by atoms with Crippen molar-refractivity contribution in [1.29, 1.82) is 0 Å². The van der Waals surface area contributed by atoms with E-state index in [1.807, 2.05) is 19.1 Å². The van der Waals surface area contributed by atoms with Crippen molar-refractivity contribution in [2.24, 2.45) is 0 Å². The number of carbonyl (C=O) groups excluding carboxylic acids is 1. The zero-order valence-electron chi connectivity index (χ0n) is 17.5. The molecule has 0 radical (unpaired) electrons. The van der Waals surface area contributed by atoms with Gasteiger partial charge in [0, 0.05) is 17.6 Å². The van der Waals surface area contributed by atoms with E-state index < -0.39 is 27.3 Å². The third-order valence-corrected chi connectivity index (χ3v) is 8.26. The lowest BCUT2D eigenvalue weighted by atomic mass is 10.2. The van der Waals surface area contributed by atoms with Gasteiger partial charge in [-0.3, -0.25) is 14.7 Å². The van der Waals surface area contributed by atoms with Crippen LogP contribution in [-0.2, 0) is 21.2 Å². The number of nitrogens with zero attached hydrogens (tertiary/aromatic N) is 3. The van der Waals surface area contributed by atoms with Crippen molar-refractivity contribution in [3.05, 3.63) is 82.9 Å². The Bertz CT molecular complexity index is 1410. The molecule has 0 saturated heterocycles. The fraction of sp³-hybridized carbons (Fsp3) is 0.174. The van der Waals surface area contributed by atoms with E-state index in [9.17, 15) is 17.6 Å². The van der Waals surface area contributed by atoms with Gasteiger partial charge in [-0.25, -0.2) is 17.8 Å². The Hall–Kier alpha value is -2.88. The predicted molar refractivity (Wildman–Crippen MR) is 128 cm³/mol. The van der Waals surface area contributed by atoms with Gasteiger partial charge in [-0.05, 0) is 61.0 Å². The van der Waals surface area contributed by atoms with Crippen LogP contribution in [0, 0.1) is 12.7 Å². The first-order valence-corrected chi connectivity index (χ1v) is 12.8. The number of sulfone groups is 1. The molecule has 0 aliphatic rings. The summed E-state index contributed by atoms with van der Waals surface area (Å²) in [5.41, 5.74) is 2.14. The predicted octanol–water partition coefficient (Wildman–Crippen LogP) is 5.19. The minimum atomic E-state index is -3.76. The van der Waals surface area contributed by atoms with Gasteiger partial charge in [0.05, 0.1) is 33.1 Å². The summed E-state index contributed by atoms with van der Waals surface area (Å²) in [6, 6.07) is 13.5. The van der Waals surface area contributed by atoms with E-state index in [1.165, 1.54) is 28.4 Å². The molecule has 0 unspecified atom stereocenters. The summed E-state index contributed by atoms with van der Waals surface area (Å²) in [6.45, 7) is 2.00. The van der Waals surface area contributed by atoms with Gasteiger partial charge in [-0.1, -0.05) is 29.0 Å². The van der Waals surface area contributed by atoms with Gasteiger partial charge in [0.2, 0.25) is 5.91 Å². The molecule has 2 heterocycles. The molecule has 0 aliphatic carbocycles. The highest BCUT2D eigenvalue weighted by molar-refractivity contribution is 7.91. The van der Waals surface area contributed by atoms with Crippen molar-refractivity contribution >= 4 is 54.0 Å². The Morgan fingerprint density at radius 2 is 1.88 bits per heavy atom. The largest absolute Gasteiger partial charge is 0.282 e. The average molecular weight is 504 g/mol. The van der Waals surface area contributed by atoms with Gasteiger partial charge in [-0.15, -0.1) is 0 Å². The molecule has 0 N–H and O–H groups in total. The molecule has 6 nitrogen and oxygen atoms in total. The highest BCUT2D eigenvalue weighted by Gasteiger charge is 2.24. The van der Waals surface area contributed by atoms with Crippen LogP contribution in [0.1, 0.15) is 17.7 Å². The van der Waals surface area contributed by atoms with Crippen molar-refractivity contribution in [2.45, 2.75) is 24.8 Å². The Morgan fingerprint density at radius 3 is 2.58 bits per heavy atom. The number of aromatic nitrogens is 2. The molecule has 1 amide bonds. The van der Waals surface area contributed by atoms with Crippen LogP contribution in [0.15, 0.2) is 65.7 Å². The molecule has 2 aromatic heterocycles. The Morgan fingerprint density at radius 1 is 1.12 bits per heavy atom. The van der Waals surface area contributed by atoms with Crippen LogP contribution < -0.4 is 4.90 Å². The Labute approximate surface area is 199 Å². The maximum absolute atomic E-state index is 13.2. The minimum absolute atomic E-state index is 0.0294. The van der Waals surface area contributed by atoms with Gasteiger partial charge in [0.1, 0.15) is 5.82 Å². The van der Waals surface area contributed by atoms with Crippen LogP contribution in [0.5, 0.6) is 0 Å². The number of aryl methyl sites for hydroxylation is 1. The van der Waals surface area contributed by atoms with Crippen molar-refractivity contribution in [1.82, 2.24) is 9.97 Å². The first-order chi connectivity index (χ1) is 15.7. The molecule has 0 atom stereocenters. The number of fused-ring (bicyclic) bond motifs is 1. The van der Waals surface area contributed by atoms with E-state index >= 15 is 0 Å². The van der Waals surface area contributed by atoms with Crippen LogP contribution in [0.4, 0.5) is 9.52 Å². The molecule has 4 aromatic rings. The third-order valence-electron chi connectivity index (χ3n) is 5.07. The number of rotatable bonds is 7. The van der Waals surface area contributed by atoms with Crippen molar-refractivity contribution in [2.75, 3.05) is 10.7 Å². The number of pyridine rings is 1. The fourth-order valence-corrected chi connectivity index (χ4v) is 5.66. The molecule has 0 fully saturated rings. The smallest absolute Gasteiger partial charge is 0.230 e. The van der Waals surface area contributed by atoms with Crippen LogP contribution >= 0.6 is 22.9 Å². The molecule has 10 heteroatoms. The molecule has 2 aromatic carbocycles. The van der Waals surface area contributed by atoms with Gasteiger partial charge >= 0.3 is 0 Å². The first kappa shape index (κ1) is 23.3. The minimum Gasteiger partial charge on any atom is -0.282 e. The summed E-state index contributed by atoms with van der Waals surface area (Å²) in [7, 11) is -3.76. The van der Waals surface area contributed by atoms with E-state index in [0.29, 0.717) is 21.4 Å². The number of benzene rings is 2. The summed E-state index contributed by atoms with van der Waals surface area (Å²) in [5, 5.41) is 1.01. The summed E-state index contributed by atoms with van der Waals surface area (Å²) in [5.74, 6) is -1.35. The fourth-order valence-electron chi connectivity index (χ4n) is 3.24. The maximum atomic E-state index is 13.2. The highest BCUT2D eigenvalue weighted by Crippen LogP contribution is 2.34. The van der Waals surface area contributed by atoms with Crippen LogP contribution in [0.3, 0.4) is 0 Å². The van der Waals surface area contributed by atoms with Gasteiger partial charge in [0.15, 0.2) is 15.0 Å². The number of hydrogen-bond acceptors (Lipinski definition) is 6. The third kappa shape index (κ3) is 5.21. The number of anilines is 1. The topological polar surface area (TPSA) is 80.2 Å². The number of thiazole rings is 1. The van der Waals surface area contributed by atoms with E-state index in [1.54, 1.807) is 24.4 Å². The van der Waals surface area contributed by atoms with Crippen LogP contribution in [0.25, 0.3) is 10.2 Å². The SMILES string of the molecule is Cc1c(Cl)ccc2sc(N(Cc3ccccn3)C(=O)CCS(=O)(=O)c3ccc(F)cc3)nc12. The molecule has 0 saturated carbocycles. The summed E-state index contributed by atoms with van der Waals surface area (Å²) < 4.78 is 39.3. The second-order valence-electron chi connectivity index (χ2n) is 7.34. The van der Waals surface area contributed by atoms with Crippen molar-refractivity contribution in [3.63, 3.8) is 0 Å². The summed E-state index contributed by atoms with van der Waals surface area (Å²) in [4.78, 5) is 23.5. The Balaban J connectivity index is 1.62. The molecule has 0 bridgehead atoms. The molecular weight excluding hydrogens is 485 g/mol. The number of amides is 1. The molecule has 33 heavy (non-hydrogen) atoms. The lowest BCUT2D eigenvalue weighted by Crippen LogP contribution is -2.32. The van der Waals surface area contributed by atoms with Gasteiger partial charge in [-0.2, -0.15) is 0 Å². The van der Waals surface area contributed by atoms with E-state index in [0.717, 1.165) is 22.4 Å². The summed E-state index contributed by atoms with van der Waals surface area (Å²) >= 11 is 7.54. The Kier molecular flexibility index (Phi) is 6.73. The molecular formula is C23H19ClFN3O3S2. The first-order valence-electron chi connectivity index (χ1n) is 9.99. The molecule has 170 valence electrons. The van der Waals surface area contributed by atoms with Crippen LogP contribution in [-0.4, -0.2) is 30.0 Å². The molecule has 0 spiro atoms. The van der Waals surface area contributed by atoms with E-state index in [4.69, 9.17) is 11.6 Å². The maximum Gasteiger partial charge on any atom is 0.230 e. The van der Waals surface area contributed by atoms with Gasteiger partial charge < -0.3 is 0 Å². The zero-order chi connectivity index (χ0) is 23.6. The summed E-state index contributed by atoms with van der Waals surface area (Å²) in [6.07, 6.45) is 1.36. The lowest BCUT2D eigenvalue weighted by Gasteiger charge is -2.19. The normalized spacial score (nSPS) is 11.6.